The van der Waals surface area contributed by atoms with Crippen LogP contribution in [0.25, 0.3) is 0 Å². The summed E-state index contributed by atoms with van der Waals surface area (Å²) in [6.45, 7) is 2.04. The molecule has 0 unspecified atom stereocenters. The third kappa shape index (κ3) is 5.21. The number of rotatable bonds is 6. The van der Waals surface area contributed by atoms with Gasteiger partial charge in [0.1, 0.15) is 11.6 Å². The number of nitrogens with two attached hydrogens (primary N) is 1. The predicted molar refractivity (Wildman–Crippen MR) is 108 cm³/mol. The number of hydrogen-bond acceptors (Lipinski definition) is 4. The Morgan fingerprint density at radius 2 is 2.04 bits per heavy atom. The van der Waals surface area contributed by atoms with Crippen LogP contribution in [0.4, 0.5) is 14.5 Å². The number of thiocarbonyl (C=S) groups is 1. The highest BCUT2D eigenvalue weighted by Gasteiger charge is 2.25. The quantitative estimate of drug-likeness (QED) is 0.403. The number of hydrogen-bond donors (Lipinski definition) is 3. The van der Waals surface area contributed by atoms with Crippen molar-refractivity contribution in [2.24, 2.45) is 10.8 Å². The fraction of sp³-hybridized carbons (Fsp3) is 0.263. The molecule has 1 heterocycles. The summed E-state index contributed by atoms with van der Waals surface area (Å²) >= 11 is 4.60. The van der Waals surface area contributed by atoms with Gasteiger partial charge in [0.15, 0.2) is 5.11 Å². The van der Waals surface area contributed by atoms with E-state index >= 15 is 0 Å². The molecule has 5 nitrogen and oxygen atoms in total. The lowest BCUT2D eigenvalue weighted by Crippen LogP contribution is -2.32. The molecule has 1 saturated heterocycles. The lowest BCUT2D eigenvalue weighted by Gasteiger charge is -2.20. The summed E-state index contributed by atoms with van der Waals surface area (Å²) in [6, 6.07) is 12.6. The minimum absolute atomic E-state index is 0.0259. The highest BCUT2D eigenvalue weighted by Crippen LogP contribution is 2.26. The zero-order valence-electron chi connectivity index (χ0n) is 14.7. The van der Waals surface area contributed by atoms with Crippen LogP contribution >= 0.6 is 12.2 Å². The van der Waals surface area contributed by atoms with E-state index in [0.717, 1.165) is 25.2 Å². The molecule has 2 aromatic rings. The van der Waals surface area contributed by atoms with E-state index in [-0.39, 0.29) is 22.4 Å². The first-order valence-corrected chi connectivity index (χ1v) is 9.03. The molecule has 8 heteroatoms. The van der Waals surface area contributed by atoms with Crippen LogP contribution in [0.2, 0.25) is 0 Å². The van der Waals surface area contributed by atoms with Crippen molar-refractivity contribution in [2.75, 3.05) is 18.0 Å². The van der Waals surface area contributed by atoms with Crippen molar-refractivity contribution in [3.05, 3.63) is 65.2 Å². The van der Waals surface area contributed by atoms with Crippen molar-refractivity contribution in [3.8, 4) is 0 Å². The Balaban J connectivity index is 1.62. The zero-order valence-corrected chi connectivity index (χ0v) is 15.5. The lowest BCUT2D eigenvalue weighted by atomic mass is 10.2. The number of nitrogens with one attached hydrogen (secondary N) is 2. The molecule has 0 spiro atoms. The van der Waals surface area contributed by atoms with E-state index in [1.807, 2.05) is 23.1 Å². The van der Waals surface area contributed by atoms with Crippen LogP contribution < -0.4 is 21.4 Å². The molecule has 2 aromatic carbocycles. The molecule has 0 saturated carbocycles. The van der Waals surface area contributed by atoms with Gasteiger partial charge in [0.25, 0.3) is 0 Å². The van der Waals surface area contributed by atoms with E-state index in [0.29, 0.717) is 13.1 Å². The van der Waals surface area contributed by atoms with Crippen LogP contribution in [0.5, 0.6) is 0 Å². The van der Waals surface area contributed by atoms with E-state index in [9.17, 15) is 8.78 Å². The second-order valence-corrected chi connectivity index (χ2v) is 6.80. The molecule has 4 N–H and O–H groups in total. The molecular weight excluding hydrogens is 368 g/mol. The second kappa shape index (κ2) is 8.88. The minimum Gasteiger partial charge on any atom is -0.375 e. The van der Waals surface area contributed by atoms with Gasteiger partial charge in [0.2, 0.25) is 0 Å². The van der Waals surface area contributed by atoms with E-state index in [2.05, 4.69) is 40.2 Å². The Hall–Kier alpha value is -2.58. The summed E-state index contributed by atoms with van der Waals surface area (Å²) in [7, 11) is 0. The molecule has 0 radical (unpaired) electrons. The van der Waals surface area contributed by atoms with E-state index in [1.54, 1.807) is 0 Å². The molecule has 0 aromatic heterocycles. The molecule has 0 aliphatic carbocycles. The van der Waals surface area contributed by atoms with Crippen molar-refractivity contribution in [1.82, 2.24) is 10.7 Å². The lowest BCUT2D eigenvalue weighted by molar-refractivity contribution is 0.550. The normalized spacial score (nSPS) is 16.8. The van der Waals surface area contributed by atoms with Crippen LogP contribution in [0.1, 0.15) is 17.5 Å². The maximum atomic E-state index is 14.5. The highest BCUT2D eigenvalue weighted by atomic mass is 32.1. The number of halogens is 2. The average Bonchev–Trinajstić information content (AvgIpc) is 3.12. The average molecular weight is 389 g/mol. The van der Waals surface area contributed by atoms with Crippen LogP contribution in [-0.2, 0) is 6.54 Å². The first kappa shape index (κ1) is 19.2. The predicted octanol–water partition coefficient (Wildman–Crippen LogP) is 2.50. The third-order valence-corrected chi connectivity index (χ3v) is 4.50. The van der Waals surface area contributed by atoms with Gasteiger partial charge in [-0.25, -0.2) is 8.78 Å². The summed E-state index contributed by atoms with van der Waals surface area (Å²) in [6.07, 6.45) is 2.02. The van der Waals surface area contributed by atoms with Crippen LogP contribution in [0.15, 0.2) is 47.6 Å². The number of nitrogens with zero attached hydrogens (tertiary/aromatic N) is 2. The number of anilines is 1. The fourth-order valence-corrected chi connectivity index (χ4v) is 3.11. The number of benzene rings is 2. The Labute approximate surface area is 162 Å². The minimum atomic E-state index is -0.555. The largest absolute Gasteiger partial charge is 0.375 e. The first-order chi connectivity index (χ1) is 13.0. The standard InChI is InChI=1S/C19H21F2N5S/c20-16-9-18(17(21)8-14(16)11-24-25-19(22)27)26-7-6-15(12-26)23-10-13-4-2-1-3-5-13/h1-5,8-9,11,15,23H,6-7,10,12H2,(H3,22,25,27)/t15-/m0/s1. The monoisotopic (exact) mass is 389 g/mol. The SMILES string of the molecule is NC(=S)NN=Cc1cc(F)c(N2CC[C@H](NCc3ccccc3)C2)cc1F. The molecule has 1 fully saturated rings. The smallest absolute Gasteiger partial charge is 0.184 e. The maximum Gasteiger partial charge on any atom is 0.184 e. The molecule has 27 heavy (non-hydrogen) atoms. The topological polar surface area (TPSA) is 65.7 Å². The Bertz CT molecular complexity index is 828. The maximum absolute atomic E-state index is 14.5. The molecular formula is C19H21F2N5S. The fourth-order valence-electron chi connectivity index (χ4n) is 3.06. The number of hydrazone groups is 1. The summed E-state index contributed by atoms with van der Waals surface area (Å²) < 4.78 is 28.8. The van der Waals surface area contributed by atoms with Gasteiger partial charge in [-0.1, -0.05) is 30.3 Å². The van der Waals surface area contributed by atoms with Crippen LogP contribution in [0, 0.1) is 11.6 Å². The van der Waals surface area contributed by atoms with E-state index in [1.165, 1.54) is 11.6 Å². The molecule has 3 rings (SSSR count). The molecule has 0 bridgehead atoms. The molecule has 1 aliphatic rings. The Morgan fingerprint density at radius 3 is 2.78 bits per heavy atom. The van der Waals surface area contributed by atoms with E-state index < -0.39 is 11.6 Å². The van der Waals surface area contributed by atoms with Gasteiger partial charge in [-0.15, -0.1) is 0 Å². The van der Waals surface area contributed by atoms with Gasteiger partial charge in [-0.05, 0) is 30.3 Å². The van der Waals surface area contributed by atoms with Gasteiger partial charge in [-0.2, -0.15) is 5.10 Å². The van der Waals surface area contributed by atoms with Gasteiger partial charge in [-0.3, -0.25) is 5.43 Å². The van der Waals surface area contributed by atoms with Crippen molar-refractivity contribution >= 4 is 29.2 Å². The zero-order chi connectivity index (χ0) is 19.2. The summed E-state index contributed by atoms with van der Waals surface area (Å²) in [4.78, 5) is 1.86. The Morgan fingerprint density at radius 1 is 1.26 bits per heavy atom. The van der Waals surface area contributed by atoms with Gasteiger partial charge < -0.3 is 16.0 Å². The van der Waals surface area contributed by atoms with Crippen molar-refractivity contribution in [2.45, 2.75) is 19.0 Å². The third-order valence-electron chi connectivity index (χ3n) is 4.41. The van der Waals surface area contributed by atoms with E-state index in [4.69, 9.17) is 5.73 Å². The molecule has 142 valence electrons. The van der Waals surface area contributed by atoms with Crippen molar-refractivity contribution < 1.29 is 8.78 Å². The van der Waals surface area contributed by atoms with Crippen LogP contribution in [0.3, 0.4) is 0 Å². The second-order valence-electron chi connectivity index (χ2n) is 6.36. The summed E-state index contributed by atoms with van der Waals surface area (Å²) in [5.41, 5.74) is 9.03. The molecule has 1 aliphatic heterocycles. The van der Waals surface area contributed by atoms with Gasteiger partial charge >= 0.3 is 0 Å². The van der Waals surface area contributed by atoms with Crippen molar-refractivity contribution in [1.29, 1.82) is 0 Å². The molecule has 0 amide bonds. The highest BCUT2D eigenvalue weighted by molar-refractivity contribution is 7.80. The first-order valence-electron chi connectivity index (χ1n) is 8.62. The Kier molecular flexibility index (Phi) is 6.31. The van der Waals surface area contributed by atoms with Gasteiger partial charge in [0.05, 0.1) is 11.9 Å². The summed E-state index contributed by atoms with van der Waals surface area (Å²) in [5.74, 6) is -1.04. The molecule has 1 atom stereocenters. The summed E-state index contributed by atoms with van der Waals surface area (Å²) in [5, 5.41) is 7.09. The van der Waals surface area contributed by atoms with Crippen molar-refractivity contribution in [3.63, 3.8) is 0 Å². The van der Waals surface area contributed by atoms with Crippen LogP contribution in [-0.4, -0.2) is 30.5 Å². The van der Waals surface area contributed by atoms with Gasteiger partial charge in [0, 0.05) is 37.3 Å².